The fourth-order valence-electron chi connectivity index (χ4n) is 1.54. The van der Waals surface area contributed by atoms with Gasteiger partial charge in [0.2, 0.25) is 5.91 Å². The minimum Gasteiger partial charge on any atom is -0.399 e. The highest BCUT2D eigenvalue weighted by Gasteiger charge is 2.33. The molecular formula is C12H15F3N2O. The highest BCUT2D eigenvalue weighted by molar-refractivity contribution is 5.93. The first-order chi connectivity index (χ1) is 8.33. The van der Waals surface area contributed by atoms with Crippen molar-refractivity contribution in [3.8, 4) is 0 Å². The Morgan fingerprint density at radius 3 is 2.28 bits per heavy atom. The lowest BCUT2D eigenvalue weighted by Gasteiger charge is -2.23. The number of nitrogen functional groups attached to an aromatic ring is 1. The maximum absolute atomic E-state index is 12.2. The van der Waals surface area contributed by atoms with Crippen LogP contribution in [0.5, 0.6) is 0 Å². The van der Waals surface area contributed by atoms with Crippen molar-refractivity contribution >= 4 is 17.3 Å². The topological polar surface area (TPSA) is 46.3 Å². The Kier molecular flexibility index (Phi) is 4.58. The molecule has 100 valence electrons. The number of alkyl halides is 3. The molecule has 2 N–H and O–H groups in total. The summed E-state index contributed by atoms with van der Waals surface area (Å²) in [5, 5.41) is 0. The average molecular weight is 260 g/mol. The van der Waals surface area contributed by atoms with Gasteiger partial charge in [0.25, 0.3) is 0 Å². The second-order valence-corrected chi connectivity index (χ2v) is 3.93. The fraction of sp³-hybridized carbons (Fsp3) is 0.417. The van der Waals surface area contributed by atoms with Gasteiger partial charge in [0.05, 0.1) is 0 Å². The van der Waals surface area contributed by atoms with E-state index in [2.05, 4.69) is 0 Å². The van der Waals surface area contributed by atoms with Gasteiger partial charge in [-0.05, 0) is 30.7 Å². The predicted molar refractivity (Wildman–Crippen MR) is 64.2 cm³/mol. The maximum Gasteiger partial charge on any atom is 0.397 e. The largest absolute Gasteiger partial charge is 0.399 e. The van der Waals surface area contributed by atoms with E-state index in [1.165, 1.54) is 0 Å². The summed E-state index contributed by atoms with van der Waals surface area (Å²) >= 11 is 0. The SMILES string of the molecule is CCCN(C(=O)CC(F)(F)F)c1ccc(N)cc1. The van der Waals surface area contributed by atoms with Gasteiger partial charge < -0.3 is 10.6 Å². The third-order valence-corrected chi connectivity index (χ3v) is 2.30. The van der Waals surface area contributed by atoms with Gasteiger partial charge in [-0.15, -0.1) is 0 Å². The van der Waals surface area contributed by atoms with E-state index >= 15 is 0 Å². The van der Waals surface area contributed by atoms with Gasteiger partial charge in [-0.25, -0.2) is 0 Å². The van der Waals surface area contributed by atoms with E-state index in [1.54, 1.807) is 31.2 Å². The Hall–Kier alpha value is -1.72. The molecule has 0 fully saturated rings. The Bertz CT molecular complexity index is 401. The summed E-state index contributed by atoms with van der Waals surface area (Å²) in [5.41, 5.74) is 6.42. The predicted octanol–water partition coefficient (Wildman–Crippen LogP) is 2.96. The summed E-state index contributed by atoms with van der Waals surface area (Å²) in [6, 6.07) is 6.19. The molecule has 0 atom stereocenters. The van der Waals surface area contributed by atoms with Gasteiger partial charge in [0.15, 0.2) is 0 Å². The molecule has 1 aromatic carbocycles. The summed E-state index contributed by atoms with van der Waals surface area (Å²) < 4.78 is 36.7. The number of nitrogens with zero attached hydrogens (tertiary/aromatic N) is 1. The molecule has 0 radical (unpaired) electrons. The first-order valence-electron chi connectivity index (χ1n) is 5.56. The number of hydrogen-bond acceptors (Lipinski definition) is 2. The summed E-state index contributed by atoms with van der Waals surface area (Å²) in [4.78, 5) is 12.7. The molecule has 1 aromatic rings. The molecular weight excluding hydrogens is 245 g/mol. The van der Waals surface area contributed by atoms with E-state index in [4.69, 9.17) is 5.73 Å². The van der Waals surface area contributed by atoms with E-state index in [0.717, 1.165) is 4.90 Å². The fourth-order valence-corrected chi connectivity index (χ4v) is 1.54. The third-order valence-electron chi connectivity index (χ3n) is 2.30. The van der Waals surface area contributed by atoms with Crippen molar-refractivity contribution in [2.45, 2.75) is 25.9 Å². The first kappa shape index (κ1) is 14.3. The summed E-state index contributed by atoms with van der Waals surface area (Å²) in [6.07, 6.45) is -5.36. The number of rotatable bonds is 4. The Labute approximate surface area is 103 Å². The van der Waals surface area contributed by atoms with Crippen LogP contribution in [-0.2, 0) is 4.79 Å². The van der Waals surface area contributed by atoms with Crippen LogP contribution in [0.1, 0.15) is 19.8 Å². The van der Waals surface area contributed by atoms with Crippen LogP contribution in [-0.4, -0.2) is 18.6 Å². The normalized spacial score (nSPS) is 11.3. The Balaban J connectivity index is 2.88. The minimum atomic E-state index is -4.49. The van der Waals surface area contributed by atoms with Crippen LogP contribution in [0.3, 0.4) is 0 Å². The van der Waals surface area contributed by atoms with Crippen molar-refractivity contribution in [3.63, 3.8) is 0 Å². The average Bonchev–Trinajstić information content (AvgIpc) is 2.25. The zero-order chi connectivity index (χ0) is 13.8. The molecule has 1 rings (SSSR count). The molecule has 3 nitrogen and oxygen atoms in total. The van der Waals surface area contributed by atoms with Crippen LogP contribution in [0, 0.1) is 0 Å². The minimum absolute atomic E-state index is 0.249. The van der Waals surface area contributed by atoms with Crippen LogP contribution in [0.2, 0.25) is 0 Å². The number of anilines is 2. The van der Waals surface area contributed by atoms with Gasteiger partial charge in [0, 0.05) is 17.9 Å². The molecule has 0 aliphatic carbocycles. The van der Waals surface area contributed by atoms with E-state index in [1.807, 2.05) is 0 Å². The van der Waals surface area contributed by atoms with Crippen molar-refractivity contribution in [2.75, 3.05) is 17.2 Å². The van der Waals surface area contributed by atoms with Crippen molar-refractivity contribution < 1.29 is 18.0 Å². The van der Waals surface area contributed by atoms with Crippen molar-refractivity contribution in [1.29, 1.82) is 0 Å². The Morgan fingerprint density at radius 1 is 1.28 bits per heavy atom. The van der Waals surface area contributed by atoms with E-state index in [0.29, 0.717) is 17.8 Å². The van der Waals surface area contributed by atoms with Crippen LogP contribution in [0.15, 0.2) is 24.3 Å². The lowest BCUT2D eigenvalue weighted by molar-refractivity contribution is -0.151. The van der Waals surface area contributed by atoms with Gasteiger partial charge in [-0.3, -0.25) is 4.79 Å². The van der Waals surface area contributed by atoms with Crippen molar-refractivity contribution in [2.24, 2.45) is 0 Å². The van der Waals surface area contributed by atoms with Crippen LogP contribution >= 0.6 is 0 Å². The number of hydrogen-bond donors (Lipinski definition) is 1. The third kappa shape index (κ3) is 4.27. The van der Waals surface area contributed by atoms with Crippen LogP contribution < -0.4 is 10.6 Å². The number of benzene rings is 1. The number of carbonyl (C=O) groups excluding carboxylic acids is 1. The quantitative estimate of drug-likeness (QED) is 0.846. The van der Waals surface area contributed by atoms with E-state index in [-0.39, 0.29) is 6.54 Å². The number of nitrogens with two attached hydrogens (primary N) is 1. The number of amides is 1. The molecule has 18 heavy (non-hydrogen) atoms. The molecule has 0 saturated carbocycles. The van der Waals surface area contributed by atoms with Gasteiger partial charge in [-0.2, -0.15) is 13.2 Å². The molecule has 0 heterocycles. The number of carbonyl (C=O) groups is 1. The van der Waals surface area contributed by atoms with Crippen molar-refractivity contribution in [1.82, 2.24) is 0 Å². The zero-order valence-electron chi connectivity index (χ0n) is 10.00. The highest BCUT2D eigenvalue weighted by Crippen LogP contribution is 2.24. The van der Waals surface area contributed by atoms with Crippen LogP contribution in [0.4, 0.5) is 24.5 Å². The second kappa shape index (κ2) is 5.75. The molecule has 0 bridgehead atoms. The second-order valence-electron chi connectivity index (χ2n) is 3.93. The summed E-state index contributed by atoms with van der Waals surface area (Å²) in [7, 11) is 0. The van der Waals surface area contributed by atoms with Gasteiger partial charge in [0.1, 0.15) is 6.42 Å². The molecule has 0 aromatic heterocycles. The zero-order valence-corrected chi connectivity index (χ0v) is 10.00. The molecule has 0 aliphatic heterocycles. The van der Waals surface area contributed by atoms with Crippen LogP contribution in [0.25, 0.3) is 0 Å². The molecule has 0 spiro atoms. The monoisotopic (exact) mass is 260 g/mol. The standard InChI is InChI=1S/C12H15F3N2O/c1-2-7-17(11(18)8-12(13,14)15)10-5-3-9(16)4-6-10/h3-6H,2,7-8,16H2,1H3. The lowest BCUT2D eigenvalue weighted by atomic mass is 10.2. The lowest BCUT2D eigenvalue weighted by Crippen LogP contribution is -2.34. The smallest absolute Gasteiger partial charge is 0.397 e. The molecule has 1 amide bonds. The molecule has 0 aliphatic rings. The maximum atomic E-state index is 12.2. The molecule has 0 saturated heterocycles. The van der Waals surface area contributed by atoms with E-state index < -0.39 is 18.5 Å². The molecule has 0 unspecified atom stereocenters. The summed E-state index contributed by atoms with van der Waals surface area (Å²) in [5.74, 6) is -0.950. The van der Waals surface area contributed by atoms with Crippen molar-refractivity contribution in [3.05, 3.63) is 24.3 Å². The highest BCUT2D eigenvalue weighted by atomic mass is 19.4. The molecule has 6 heteroatoms. The first-order valence-corrected chi connectivity index (χ1v) is 5.56. The number of halogens is 3. The summed E-state index contributed by atoms with van der Waals surface area (Å²) in [6.45, 7) is 2.05. The van der Waals surface area contributed by atoms with E-state index in [9.17, 15) is 18.0 Å². The van der Waals surface area contributed by atoms with Gasteiger partial charge >= 0.3 is 6.18 Å². The van der Waals surface area contributed by atoms with Gasteiger partial charge in [-0.1, -0.05) is 6.92 Å². The Morgan fingerprint density at radius 2 is 1.83 bits per heavy atom.